The van der Waals surface area contributed by atoms with Gasteiger partial charge in [-0.3, -0.25) is 9.89 Å². The number of amides is 1. The Balaban J connectivity index is 1.56. The third kappa shape index (κ3) is 2.95. The molecule has 122 valence electrons. The fourth-order valence-corrected chi connectivity index (χ4v) is 2.72. The Bertz CT molecular complexity index is 853. The first-order chi connectivity index (χ1) is 11.7. The van der Waals surface area contributed by atoms with Crippen molar-refractivity contribution in [1.29, 1.82) is 0 Å². The van der Waals surface area contributed by atoms with Gasteiger partial charge in [-0.05, 0) is 42.7 Å². The number of nitrogens with zero attached hydrogens (tertiary/aromatic N) is 2. The van der Waals surface area contributed by atoms with E-state index in [1.165, 1.54) is 12.1 Å². The summed E-state index contributed by atoms with van der Waals surface area (Å²) < 4.78 is 18.7. The van der Waals surface area contributed by atoms with E-state index in [0.29, 0.717) is 23.7 Å². The summed E-state index contributed by atoms with van der Waals surface area (Å²) in [7, 11) is 0. The van der Waals surface area contributed by atoms with E-state index in [0.717, 1.165) is 18.4 Å². The summed E-state index contributed by atoms with van der Waals surface area (Å²) in [5, 5.41) is 6.94. The smallest absolute Gasteiger partial charge is 0.274 e. The van der Waals surface area contributed by atoms with Crippen molar-refractivity contribution in [3.63, 3.8) is 0 Å². The number of furan rings is 1. The van der Waals surface area contributed by atoms with Gasteiger partial charge in [-0.1, -0.05) is 12.1 Å². The van der Waals surface area contributed by atoms with Crippen LogP contribution >= 0.6 is 0 Å². The molecular weight excluding hydrogens is 309 g/mol. The molecule has 0 aliphatic heterocycles. The number of carbonyl (C=O) groups excluding carboxylic acids is 1. The molecule has 0 atom stereocenters. The number of benzene rings is 1. The van der Waals surface area contributed by atoms with Crippen LogP contribution in [-0.4, -0.2) is 27.0 Å². The molecule has 6 heteroatoms. The number of hydrogen-bond acceptors (Lipinski definition) is 3. The highest BCUT2D eigenvalue weighted by Crippen LogP contribution is 2.30. The summed E-state index contributed by atoms with van der Waals surface area (Å²) in [6.45, 7) is 0.379. The Morgan fingerprint density at radius 3 is 2.88 bits per heavy atom. The van der Waals surface area contributed by atoms with Crippen molar-refractivity contribution in [2.75, 3.05) is 0 Å². The second-order valence-electron chi connectivity index (χ2n) is 5.94. The van der Waals surface area contributed by atoms with Gasteiger partial charge in [-0.25, -0.2) is 4.39 Å². The highest BCUT2D eigenvalue weighted by molar-refractivity contribution is 5.93. The Kier molecular flexibility index (Phi) is 3.65. The fraction of sp³-hybridized carbons (Fsp3) is 0.222. The standard InChI is InChI=1S/C18H16FN3O2/c19-13-4-1-3-12(9-13)11-22(14-6-7-14)18(23)16-10-15(20-21-16)17-5-2-8-24-17/h1-5,8-10,14H,6-7,11H2,(H,20,21). The van der Waals surface area contributed by atoms with Gasteiger partial charge in [0.25, 0.3) is 5.91 Å². The van der Waals surface area contributed by atoms with Crippen molar-refractivity contribution in [3.8, 4) is 11.5 Å². The normalized spacial score (nSPS) is 13.9. The van der Waals surface area contributed by atoms with Gasteiger partial charge in [0.1, 0.15) is 11.5 Å². The number of carbonyl (C=O) groups is 1. The van der Waals surface area contributed by atoms with Crippen LogP contribution in [0, 0.1) is 5.82 Å². The van der Waals surface area contributed by atoms with Crippen LogP contribution in [0.4, 0.5) is 4.39 Å². The Morgan fingerprint density at radius 2 is 2.17 bits per heavy atom. The van der Waals surface area contributed by atoms with Crippen LogP contribution in [0.2, 0.25) is 0 Å². The lowest BCUT2D eigenvalue weighted by atomic mass is 10.2. The first-order valence-electron chi connectivity index (χ1n) is 7.85. The molecule has 1 aliphatic carbocycles. The molecule has 1 fully saturated rings. The highest BCUT2D eigenvalue weighted by atomic mass is 19.1. The average molecular weight is 325 g/mol. The topological polar surface area (TPSA) is 62.1 Å². The predicted octanol–water partition coefficient (Wildman–Crippen LogP) is 3.61. The van der Waals surface area contributed by atoms with Crippen molar-refractivity contribution < 1.29 is 13.6 Å². The summed E-state index contributed by atoms with van der Waals surface area (Å²) in [6, 6.07) is 11.8. The number of aromatic amines is 1. The lowest BCUT2D eigenvalue weighted by molar-refractivity contribution is 0.0723. The summed E-state index contributed by atoms with van der Waals surface area (Å²) in [6.07, 6.45) is 3.51. The molecule has 1 aromatic carbocycles. The van der Waals surface area contributed by atoms with E-state index in [1.54, 1.807) is 35.4 Å². The van der Waals surface area contributed by atoms with E-state index in [9.17, 15) is 9.18 Å². The van der Waals surface area contributed by atoms with Crippen LogP contribution in [0.5, 0.6) is 0 Å². The van der Waals surface area contributed by atoms with Gasteiger partial charge in [0.05, 0.1) is 6.26 Å². The molecular formula is C18H16FN3O2. The summed E-state index contributed by atoms with van der Waals surface area (Å²) in [4.78, 5) is 14.6. The third-order valence-corrected chi connectivity index (χ3v) is 4.07. The predicted molar refractivity (Wildman–Crippen MR) is 85.6 cm³/mol. The summed E-state index contributed by atoms with van der Waals surface area (Å²) in [5.41, 5.74) is 1.77. The highest BCUT2D eigenvalue weighted by Gasteiger charge is 2.34. The maximum atomic E-state index is 13.4. The first kappa shape index (κ1) is 14.7. The fourth-order valence-electron chi connectivity index (χ4n) is 2.72. The van der Waals surface area contributed by atoms with E-state index in [1.807, 2.05) is 6.07 Å². The number of H-pyrrole nitrogens is 1. The van der Waals surface area contributed by atoms with E-state index in [2.05, 4.69) is 10.2 Å². The number of aromatic nitrogens is 2. The van der Waals surface area contributed by atoms with Crippen molar-refractivity contribution in [2.24, 2.45) is 0 Å². The van der Waals surface area contributed by atoms with Gasteiger partial charge in [-0.2, -0.15) is 5.10 Å². The molecule has 0 spiro atoms. The molecule has 3 aromatic rings. The number of hydrogen-bond donors (Lipinski definition) is 1. The van der Waals surface area contributed by atoms with Crippen molar-refractivity contribution in [2.45, 2.75) is 25.4 Å². The Labute approximate surface area is 138 Å². The van der Waals surface area contributed by atoms with Gasteiger partial charge in [0, 0.05) is 18.7 Å². The quantitative estimate of drug-likeness (QED) is 0.779. The molecule has 1 aliphatic rings. The van der Waals surface area contributed by atoms with Gasteiger partial charge in [-0.15, -0.1) is 0 Å². The third-order valence-electron chi connectivity index (χ3n) is 4.07. The molecule has 0 unspecified atom stereocenters. The number of rotatable bonds is 5. The van der Waals surface area contributed by atoms with E-state index < -0.39 is 0 Å². The van der Waals surface area contributed by atoms with Gasteiger partial charge < -0.3 is 9.32 Å². The van der Waals surface area contributed by atoms with E-state index in [4.69, 9.17) is 4.42 Å². The van der Waals surface area contributed by atoms with Crippen LogP contribution in [0.3, 0.4) is 0 Å². The van der Waals surface area contributed by atoms with Crippen molar-refractivity contribution in [3.05, 3.63) is 65.8 Å². The van der Waals surface area contributed by atoms with Gasteiger partial charge >= 0.3 is 0 Å². The largest absolute Gasteiger partial charge is 0.463 e. The van der Waals surface area contributed by atoms with Gasteiger partial charge in [0.2, 0.25) is 0 Å². The maximum Gasteiger partial charge on any atom is 0.274 e. The minimum absolute atomic E-state index is 0.157. The summed E-state index contributed by atoms with van der Waals surface area (Å²) in [5.74, 6) is 0.177. The molecule has 1 N–H and O–H groups in total. The second-order valence-corrected chi connectivity index (χ2v) is 5.94. The molecule has 1 amide bonds. The zero-order chi connectivity index (χ0) is 16.5. The van der Waals surface area contributed by atoms with Crippen molar-refractivity contribution in [1.82, 2.24) is 15.1 Å². The minimum Gasteiger partial charge on any atom is -0.463 e. The van der Waals surface area contributed by atoms with Gasteiger partial charge in [0.15, 0.2) is 11.5 Å². The molecule has 5 nitrogen and oxygen atoms in total. The number of halogens is 1. The van der Waals surface area contributed by atoms with Crippen LogP contribution in [0.15, 0.2) is 53.1 Å². The van der Waals surface area contributed by atoms with Crippen LogP contribution in [0.1, 0.15) is 28.9 Å². The lowest BCUT2D eigenvalue weighted by Gasteiger charge is -2.21. The number of nitrogens with one attached hydrogen (secondary N) is 1. The van der Waals surface area contributed by atoms with Crippen LogP contribution in [0.25, 0.3) is 11.5 Å². The molecule has 2 heterocycles. The van der Waals surface area contributed by atoms with Crippen LogP contribution in [-0.2, 0) is 6.54 Å². The van der Waals surface area contributed by atoms with E-state index in [-0.39, 0.29) is 17.8 Å². The molecule has 0 radical (unpaired) electrons. The second kappa shape index (κ2) is 5.96. The van der Waals surface area contributed by atoms with E-state index >= 15 is 0 Å². The maximum absolute atomic E-state index is 13.4. The lowest BCUT2D eigenvalue weighted by Crippen LogP contribution is -2.32. The molecule has 24 heavy (non-hydrogen) atoms. The molecule has 4 rings (SSSR count). The average Bonchev–Trinajstić information content (AvgIpc) is 3.08. The SMILES string of the molecule is O=C(c1cc(-c2ccco2)[nH]n1)N(Cc1cccc(F)c1)C1CC1. The molecule has 1 saturated carbocycles. The first-order valence-corrected chi connectivity index (χ1v) is 7.85. The molecule has 0 bridgehead atoms. The zero-order valence-electron chi connectivity index (χ0n) is 12.9. The minimum atomic E-state index is -0.296. The molecule has 2 aromatic heterocycles. The zero-order valence-corrected chi connectivity index (χ0v) is 12.9. The van der Waals surface area contributed by atoms with Crippen LogP contribution < -0.4 is 0 Å². The molecule has 0 saturated heterocycles. The van der Waals surface area contributed by atoms with Crippen molar-refractivity contribution >= 4 is 5.91 Å². The monoisotopic (exact) mass is 325 g/mol. The Morgan fingerprint density at radius 1 is 1.29 bits per heavy atom. The Hall–Kier alpha value is -2.89. The summed E-state index contributed by atoms with van der Waals surface area (Å²) >= 11 is 0.